The normalized spacial score (nSPS) is 21.1. The van der Waals surface area contributed by atoms with Gasteiger partial charge in [-0.15, -0.1) is 0 Å². The molecule has 0 bridgehead atoms. The molecule has 1 aliphatic rings. The predicted octanol–water partition coefficient (Wildman–Crippen LogP) is 2.92. The Morgan fingerprint density at radius 1 is 1.50 bits per heavy atom. The topological polar surface area (TPSA) is 38.5 Å². The molecule has 1 heterocycles. The molecule has 0 spiro atoms. The summed E-state index contributed by atoms with van der Waals surface area (Å²) < 4.78 is 5.71. The number of hydrogen-bond acceptors (Lipinski definition) is 3. The quantitative estimate of drug-likeness (QED) is 0.854. The van der Waals surface area contributed by atoms with E-state index in [0.717, 1.165) is 48.9 Å². The van der Waals surface area contributed by atoms with Gasteiger partial charge >= 0.3 is 0 Å². The second kappa shape index (κ2) is 6.41. The van der Waals surface area contributed by atoms with Crippen molar-refractivity contribution in [2.75, 3.05) is 25.4 Å². The molecule has 1 aromatic rings. The van der Waals surface area contributed by atoms with E-state index >= 15 is 0 Å². The molecule has 0 amide bonds. The van der Waals surface area contributed by atoms with Crippen LogP contribution >= 0.6 is 11.6 Å². The minimum absolute atomic E-state index is 0.354. The summed E-state index contributed by atoms with van der Waals surface area (Å²) in [7, 11) is 0. The van der Waals surface area contributed by atoms with Gasteiger partial charge in [-0.1, -0.05) is 17.7 Å². The van der Waals surface area contributed by atoms with Gasteiger partial charge in [-0.05, 0) is 38.4 Å². The highest BCUT2D eigenvalue weighted by molar-refractivity contribution is 6.31. The Hall–Kier alpha value is -0.770. The van der Waals surface area contributed by atoms with E-state index in [1.165, 1.54) is 6.42 Å². The van der Waals surface area contributed by atoms with Gasteiger partial charge in [-0.25, -0.2) is 0 Å². The van der Waals surface area contributed by atoms with Crippen molar-refractivity contribution in [1.82, 2.24) is 4.90 Å². The summed E-state index contributed by atoms with van der Waals surface area (Å²) in [5.41, 5.74) is 7.81. The third-order valence-corrected chi connectivity index (χ3v) is 3.76. The van der Waals surface area contributed by atoms with Crippen LogP contribution in [0.4, 0.5) is 5.69 Å². The Morgan fingerprint density at radius 3 is 3.06 bits per heavy atom. The molecule has 2 rings (SSSR count). The van der Waals surface area contributed by atoms with E-state index in [4.69, 9.17) is 22.1 Å². The maximum Gasteiger partial charge on any atom is 0.0702 e. The van der Waals surface area contributed by atoms with Crippen LogP contribution in [-0.4, -0.2) is 30.7 Å². The van der Waals surface area contributed by atoms with Gasteiger partial charge in [0, 0.05) is 36.0 Å². The third kappa shape index (κ3) is 3.37. The summed E-state index contributed by atoms with van der Waals surface area (Å²) >= 11 is 6.21. The molecular weight excluding hydrogens is 248 g/mol. The molecular formula is C14H21ClN2O. The SMILES string of the molecule is CCOC1CCCN(Cc2c(N)cccc2Cl)C1. The molecule has 1 atom stereocenters. The Labute approximate surface area is 114 Å². The minimum Gasteiger partial charge on any atom is -0.398 e. The maximum absolute atomic E-state index is 6.21. The first-order chi connectivity index (χ1) is 8.70. The van der Waals surface area contributed by atoms with Crippen LogP contribution in [0.3, 0.4) is 0 Å². The summed E-state index contributed by atoms with van der Waals surface area (Å²) in [5, 5.41) is 0.758. The number of ether oxygens (including phenoxy) is 1. The lowest BCUT2D eigenvalue weighted by Crippen LogP contribution is -2.39. The molecule has 0 saturated carbocycles. The largest absolute Gasteiger partial charge is 0.398 e. The first-order valence-corrected chi connectivity index (χ1v) is 6.95. The van der Waals surface area contributed by atoms with E-state index in [9.17, 15) is 0 Å². The Morgan fingerprint density at radius 2 is 2.33 bits per heavy atom. The van der Waals surface area contributed by atoms with Crippen LogP contribution in [-0.2, 0) is 11.3 Å². The van der Waals surface area contributed by atoms with Crippen molar-refractivity contribution in [2.45, 2.75) is 32.4 Å². The number of nitrogen functional groups attached to an aromatic ring is 1. The van der Waals surface area contributed by atoms with E-state index in [0.29, 0.717) is 6.10 Å². The summed E-state index contributed by atoms with van der Waals surface area (Å²) in [4.78, 5) is 2.38. The van der Waals surface area contributed by atoms with Gasteiger partial charge in [0.2, 0.25) is 0 Å². The molecule has 100 valence electrons. The van der Waals surface area contributed by atoms with Crippen molar-refractivity contribution >= 4 is 17.3 Å². The molecule has 1 aliphatic heterocycles. The fourth-order valence-corrected chi connectivity index (χ4v) is 2.74. The number of halogens is 1. The lowest BCUT2D eigenvalue weighted by Gasteiger charge is -2.32. The van der Waals surface area contributed by atoms with Crippen molar-refractivity contribution in [3.8, 4) is 0 Å². The average molecular weight is 269 g/mol. The zero-order valence-electron chi connectivity index (χ0n) is 10.9. The third-order valence-electron chi connectivity index (χ3n) is 3.40. The van der Waals surface area contributed by atoms with Gasteiger partial charge in [0.1, 0.15) is 0 Å². The Bertz CT molecular complexity index is 375. The fourth-order valence-electron chi connectivity index (χ4n) is 2.49. The minimum atomic E-state index is 0.354. The van der Waals surface area contributed by atoms with E-state index in [1.54, 1.807) is 0 Å². The number of nitrogens with zero attached hydrogens (tertiary/aromatic N) is 1. The Balaban J connectivity index is 2.00. The van der Waals surface area contributed by atoms with Crippen molar-refractivity contribution in [3.63, 3.8) is 0 Å². The number of rotatable bonds is 4. The standard InChI is InChI=1S/C14H21ClN2O/c1-2-18-11-5-4-8-17(9-11)10-12-13(15)6-3-7-14(12)16/h3,6-7,11H,2,4-5,8-10,16H2,1H3. The smallest absolute Gasteiger partial charge is 0.0702 e. The molecule has 0 aliphatic carbocycles. The van der Waals surface area contributed by atoms with Gasteiger partial charge in [0.05, 0.1) is 6.10 Å². The van der Waals surface area contributed by atoms with E-state index in [-0.39, 0.29) is 0 Å². The summed E-state index contributed by atoms with van der Waals surface area (Å²) in [6.07, 6.45) is 2.68. The van der Waals surface area contributed by atoms with Gasteiger partial charge in [-0.3, -0.25) is 4.90 Å². The molecule has 0 radical (unpaired) electrons. The number of nitrogens with two attached hydrogens (primary N) is 1. The maximum atomic E-state index is 6.21. The molecule has 18 heavy (non-hydrogen) atoms. The van der Waals surface area contributed by atoms with Crippen LogP contribution in [0.25, 0.3) is 0 Å². The van der Waals surface area contributed by atoms with Gasteiger partial charge in [0.15, 0.2) is 0 Å². The number of hydrogen-bond donors (Lipinski definition) is 1. The Kier molecular flexibility index (Phi) is 4.87. The molecule has 1 unspecified atom stereocenters. The summed E-state index contributed by atoms with van der Waals surface area (Å²) in [6.45, 7) is 5.71. The zero-order chi connectivity index (χ0) is 13.0. The van der Waals surface area contributed by atoms with Crippen molar-refractivity contribution in [2.24, 2.45) is 0 Å². The van der Waals surface area contributed by atoms with Crippen LogP contribution in [0.1, 0.15) is 25.3 Å². The highest BCUT2D eigenvalue weighted by Crippen LogP contribution is 2.25. The second-order valence-corrected chi connectivity index (χ2v) is 5.17. The van der Waals surface area contributed by atoms with Crippen LogP contribution < -0.4 is 5.73 Å². The molecule has 1 fully saturated rings. The van der Waals surface area contributed by atoms with Crippen LogP contribution in [0.5, 0.6) is 0 Å². The van der Waals surface area contributed by atoms with Crippen molar-refractivity contribution in [3.05, 3.63) is 28.8 Å². The highest BCUT2D eigenvalue weighted by Gasteiger charge is 2.21. The summed E-state index contributed by atoms with van der Waals surface area (Å²) in [5.74, 6) is 0. The van der Waals surface area contributed by atoms with Crippen molar-refractivity contribution in [1.29, 1.82) is 0 Å². The molecule has 0 aromatic heterocycles. The van der Waals surface area contributed by atoms with E-state index < -0.39 is 0 Å². The van der Waals surface area contributed by atoms with Crippen LogP contribution in [0.15, 0.2) is 18.2 Å². The molecule has 2 N–H and O–H groups in total. The molecule has 1 saturated heterocycles. The van der Waals surface area contributed by atoms with Gasteiger partial charge < -0.3 is 10.5 Å². The first kappa shape index (κ1) is 13.7. The number of benzene rings is 1. The lowest BCUT2D eigenvalue weighted by atomic mass is 10.1. The van der Waals surface area contributed by atoms with Gasteiger partial charge in [-0.2, -0.15) is 0 Å². The molecule has 1 aromatic carbocycles. The highest BCUT2D eigenvalue weighted by atomic mass is 35.5. The molecule has 4 heteroatoms. The summed E-state index contributed by atoms with van der Waals surface area (Å²) in [6, 6.07) is 5.70. The average Bonchev–Trinajstić information content (AvgIpc) is 2.35. The fraction of sp³-hybridized carbons (Fsp3) is 0.571. The van der Waals surface area contributed by atoms with Gasteiger partial charge in [0.25, 0.3) is 0 Å². The number of piperidine rings is 1. The zero-order valence-corrected chi connectivity index (χ0v) is 11.6. The van der Waals surface area contributed by atoms with Crippen LogP contribution in [0.2, 0.25) is 5.02 Å². The lowest BCUT2D eigenvalue weighted by molar-refractivity contribution is 0.00369. The monoisotopic (exact) mass is 268 g/mol. The van der Waals surface area contributed by atoms with Crippen molar-refractivity contribution < 1.29 is 4.74 Å². The van der Waals surface area contributed by atoms with Crippen LogP contribution in [0, 0.1) is 0 Å². The van der Waals surface area contributed by atoms with E-state index in [1.807, 2.05) is 25.1 Å². The molecule has 3 nitrogen and oxygen atoms in total. The van der Waals surface area contributed by atoms with E-state index in [2.05, 4.69) is 4.90 Å². The first-order valence-electron chi connectivity index (χ1n) is 6.57. The predicted molar refractivity (Wildman–Crippen MR) is 75.8 cm³/mol. The number of likely N-dealkylation sites (tertiary alicyclic amines) is 1. The second-order valence-electron chi connectivity index (χ2n) is 4.76. The number of anilines is 1.